The lowest BCUT2D eigenvalue weighted by atomic mass is 10.1. The fraction of sp³-hybridized carbons (Fsp3) is 0.0909. The Bertz CT molecular complexity index is 1050. The third kappa shape index (κ3) is 5.47. The van der Waals surface area contributed by atoms with Crippen LogP contribution in [-0.2, 0) is 16.2 Å². The molecule has 0 saturated carbocycles. The number of nitrogens with two attached hydrogens (primary N) is 1. The fourth-order valence-electron chi connectivity index (χ4n) is 2.63. The Morgan fingerprint density at radius 2 is 1.93 bits per heavy atom. The highest BCUT2D eigenvalue weighted by Gasteiger charge is 2.12. The van der Waals surface area contributed by atoms with Crippen molar-refractivity contribution >= 4 is 35.0 Å². The molecule has 0 aliphatic heterocycles. The fourth-order valence-corrected chi connectivity index (χ4v) is 3.25. The second kappa shape index (κ2) is 10.2. The number of benzene rings is 2. The Hall–Kier alpha value is -3.62. The van der Waals surface area contributed by atoms with Crippen molar-refractivity contribution in [3.05, 3.63) is 82.1 Å². The zero-order valence-electron chi connectivity index (χ0n) is 16.2. The lowest BCUT2D eigenvalue weighted by molar-refractivity contribution is -0.111. The van der Waals surface area contributed by atoms with Crippen molar-refractivity contribution in [1.29, 1.82) is 0 Å². The van der Waals surface area contributed by atoms with E-state index in [2.05, 4.69) is 10.2 Å². The van der Waals surface area contributed by atoms with E-state index in [0.717, 1.165) is 10.4 Å². The number of carbonyl (C=O) groups excluding carboxylic acids is 2. The first-order valence-corrected chi connectivity index (χ1v) is 9.81. The van der Waals surface area contributed by atoms with Crippen LogP contribution in [0, 0.1) is 0 Å². The number of rotatable bonds is 8. The molecule has 1 heterocycles. The Morgan fingerprint density at radius 1 is 1.10 bits per heavy atom. The van der Waals surface area contributed by atoms with Gasteiger partial charge in [-0.15, -0.1) is 11.3 Å². The van der Waals surface area contributed by atoms with E-state index in [1.807, 2.05) is 23.6 Å². The molecule has 0 bridgehead atoms. The second-order valence-corrected chi connectivity index (χ2v) is 7.08. The van der Waals surface area contributed by atoms with Gasteiger partial charge in [-0.3, -0.25) is 4.79 Å². The lowest BCUT2D eigenvalue weighted by Crippen LogP contribution is -2.15. The van der Waals surface area contributed by atoms with Gasteiger partial charge in [0.2, 0.25) is 5.91 Å². The van der Waals surface area contributed by atoms with Crippen LogP contribution in [0.1, 0.15) is 20.8 Å². The van der Waals surface area contributed by atoms with E-state index >= 15 is 0 Å². The number of carbonyl (C=O) groups is 2. The molecule has 0 atom stereocenters. The molecule has 0 radical (unpaired) electrons. The average molecular weight is 424 g/mol. The molecule has 8 heteroatoms. The summed E-state index contributed by atoms with van der Waals surface area (Å²) in [5.41, 5.74) is 1.22. The zero-order valence-corrected chi connectivity index (χ0v) is 17.0. The summed E-state index contributed by atoms with van der Waals surface area (Å²) in [6.07, 6.45) is 2.98. The first-order valence-electron chi connectivity index (χ1n) is 8.93. The van der Waals surface area contributed by atoms with Gasteiger partial charge in [-0.05, 0) is 47.4 Å². The van der Waals surface area contributed by atoms with Crippen molar-refractivity contribution in [2.45, 2.75) is 6.61 Å². The molecule has 1 amide bonds. The third-order valence-corrected chi connectivity index (χ3v) is 4.93. The summed E-state index contributed by atoms with van der Waals surface area (Å²) in [5, 5.41) is 4.63. The standard InChI is InChI=1S/C22H20N2O5S/c1-27-20-13-15(8-10-19(20)28-14-16-5-4-12-30-16)9-11-21(25)24-18-7-3-2-6-17(18)22(26)29-23/h2-13H,14,23H2,1H3,(H,24,25)/b11-9+. The Labute approximate surface area is 177 Å². The number of methoxy groups -OCH3 is 1. The number of para-hydroxylation sites is 1. The van der Waals surface area contributed by atoms with E-state index in [-0.39, 0.29) is 5.56 Å². The Balaban J connectivity index is 1.67. The van der Waals surface area contributed by atoms with Crippen LogP contribution in [0.4, 0.5) is 5.69 Å². The Morgan fingerprint density at radius 3 is 2.67 bits per heavy atom. The number of hydrogen-bond acceptors (Lipinski definition) is 7. The maximum absolute atomic E-state index is 12.3. The van der Waals surface area contributed by atoms with Crippen molar-refractivity contribution in [2.75, 3.05) is 12.4 Å². The van der Waals surface area contributed by atoms with Gasteiger partial charge in [0.25, 0.3) is 0 Å². The number of ether oxygens (including phenoxy) is 2. The molecular formula is C22H20N2O5S. The normalized spacial score (nSPS) is 10.6. The number of nitrogens with one attached hydrogen (secondary N) is 1. The summed E-state index contributed by atoms with van der Waals surface area (Å²) in [4.78, 5) is 29.3. The molecule has 3 N–H and O–H groups in total. The minimum Gasteiger partial charge on any atom is -0.493 e. The SMILES string of the molecule is COc1cc(/C=C/C(=O)Nc2ccccc2C(=O)ON)ccc1OCc1cccs1. The predicted octanol–water partition coefficient (Wildman–Crippen LogP) is 4.02. The minimum absolute atomic E-state index is 0.163. The van der Waals surface area contributed by atoms with Crippen molar-refractivity contribution < 1.29 is 23.9 Å². The molecule has 3 aromatic rings. The van der Waals surface area contributed by atoms with Gasteiger partial charge in [0.05, 0.1) is 18.4 Å². The van der Waals surface area contributed by atoms with Crippen LogP contribution >= 0.6 is 11.3 Å². The molecule has 30 heavy (non-hydrogen) atoms. The van der Waals surface area contributed by atoms with E-state index in [4.69, 9.17) is 15.4 Å². The van der Waals surface area contributed by atoms with Gasteiger partial charge < -0.3 is 19.6 Å². The van der Waals surface area contributed by atoms with Gasteiger partial charge in [0.1, 0.15) is 6.61 Å². The summed E-state index contributed by atoms with van der Waals surface area (Å²) in [6.45, 7) is 0.455. The quantitative estimate of drug-likeness (QED) is 0.419. The molecule has 0 unspecified atom stereocenters. The summed E-state index contributed by atoms with van der Waals surface area (Å²) in [7, 11) is 1.56. The molecule has 0 spiro atoms. The zero-order chi connectivity index (χ0) is 21.3. The predicted molar refractivity (Wildman–Crippen MR) is 115 cm³/mol. The van der Waals surface area contributed by atoms with E-state index in [1.165, 1.54) is 12.1 Å². The van der Waals surface area contributed by atoms with Gasteiger partial charge >= 0.3 is 5.97 Å². The molecule has 0 saturated heterocycles. The highest BCUT2D eigenvalue weighted by Crippen LogP contribution is 2.29. The van der Waals surface area contributed by atoms with Crippen LogP contribution in [0.3, 0.4) is 0 Å². The van der Waals surface area contributed by atoms with Crippen molar-refractivity contribution in [3.8, 4) is 11.5 Å². The summed E-state index contributed by atoms with van der Waals surface area (Å²) in [6, 6.07) is 15.8. The largest absolute Gasteiger partial charge is 0.493 e. The molecule has 2 aromatic carbocycles. The van der Waals surface area contributed by atoms with Crippen LogP contribution in [0.15, 0.2) is 66.1 Å². The average Bonchev–Trinajstić information content (AvgIpc) is 3.30. The molecule has 0 aliphatic carbocycles. The van der Waals surface area contributed by atoms with E-state index in [9.17, 15) is 9.59 Å². The molecule has 1 aromatic heterocycles. The second-order valence-electron chi connectivity index (χ2n) is 6.05. The molecule has 0 fully saturated rings. The highest BCUT2D eigenvalue weighted by molar-refractivity contribution is 7.09. The smallest absolute Gasteiger partial charge is 0.358 e. The number of amides is 1. The monoisotopic (exact) mass is 424 g/mol. The molecule has 0 aliphatic rings. The summed E-state index contributed by atoms with van der Waals surface area (Å²) in [5.74, 6) is 4.95. The Kier molecular flexibility index (Phi) is 7.20. The van der Waals surface area contributed by atoms with E-state index < -0.39 is 11.9 Å². The molecule has 154 valence electrons. The topological polar surface area (TPSA) is 99.9 Å². The van der Waals surface area contributed by atoms with E-state index in [0.29, 0.717) is 23.8 Å². The van der Waals surface area contributed by atoms with Crippen LogP contribution in [0.2, 0.25) is 0 Å². The van der Waals surface area contributed by atoms with Crippen molar-refractivity contribution in [2.24, 2.45) is 5.90 Å². The van der Waals surface area contributed by atoms with Crippen LogP contribution in [-0.4, -0.2) is 19.0 Å². The third-order valence-electron chi connectivity index (χ3n) is 4.08. The number of thiophene rings is 1. The maximum Gasteiger partial charge on any atom is 0.358 e. The first-order chi connectivity index (χ1) is 14.6. The minimum atomic E-state index is -0.738. The van der Waals surface area contributed by atoms with Gasteiger partial charge in [-0.25, -0.2) is 4.79 Å². The van der Waals surface area contributed by atoms with Crippen molar-refractivity contribution in [1.82, 2.24) is 0 Å². The summed E-state index contributed by atoms with van der Waals surface area (Å²) < 4.78 is 11.2. The first kappa shape index (κ1) is 21.1. The summed E-state index contributed by atoms with van der Waals surface area (Å²) >= 11 is 1.62. The van der Waals surface area contributed by atoms with Crippen molar-refractivity contribution in [3.63, 3.8) is 0 Å². The number of anilines is 1. The van der Waals surface area contributed by atoms with Gasteiger partial charge in [0.15, 0.2) is 11.5 Å². The van der Waals surface area contributed by atoms with E-state index in [1.54, 1.807) is 54.9 Å². The van der Waals surface area contributed by atoms with Gasteiger partial charge in [0, 0.05) is 11.0 Å². The van der Waals surface area contributed by atoms with Gasteiger partial charge in [-0.2, -0.15) is 5.90 Å². The van der Waals surface area contributed by atoms with Crippen LogP contribution in [0.25, 0.3) is 6.08 Å². The van der Waals surface area contributed by atoms with Crippen LogP contribution in [0.5, 0.6) is 11.5 Å². The molecule has 3 rings (SSSR count). The molecular weight excluding hydrogens is 404 g/mol. The maximum atomic E-state index is 12.3. The lowest BCUT2D eigenvalue weighted by Gasteiger charge is -2.10. The van der Waals surface area contributed by atoms with Gasteiger partial charge in [-0.1, -0.05) is 24.3 Å². The highest BCUT2D eigenvalue weighted by atomic mass is 32.1. The van der Waals surface area contributed by atoms with Crippen LogP contribution < -0.4 is 20.7 Å². The molecule has 7 nitrogen and oxygen atoms in total. The number of hydrogen-bond donors (Lipinski definition) is 2.